The molecule has 0 unspecified atom stereocenters. The SMILES string of the molecule is CCNC(=NCc1cccc(OCC)c1OC(F)F)NCC1(N(C)C)CCOCC1. The van der Waals surface area contributed by atoms with Crippen molar-refractivity contribution in [2.75, 3.05) is 47.0 Å². The van der Waals surface area contributed by atoms with E-state index < -0.39 is 6.61 Å². The molecule has 30 heavy (non-hydrogen) atoms. The fourth-order valence-electron chi connectivity index (χ4n) is 3.47. The first-order valence-electron chi connectivity index (χ1n) is 10.4. The van der Waals surface area contributed by atoms with Gasteiger partial charge in [-0.1, -0.05) is 12.1 Å². The monoisotopic (exact) mass is 428 g/mol. The Bertz CT molecular complexity index is 680. The van der Waals surface area contributed by atoms with E-state index in [0.717, 1.165) is 26.1 Å². The minimum Gasteiger partial charge on any atom is -0.490 e. The third-order valence-corrected chi connectivity index (χ3v) is 5.28. The van der Waals surface area contributed by atoms with E-state index in [9.17, 15) is 8.78 Å². The van der Waals surface area contributed by atoms with Gasteiger partial charge < -0.3 is 29.7 Å². The highest BCUT2D eigenvalue weighted by Crippen LogP contribution is 2.33. The molecule has 0 aliphatic carbocycles. The Kier molecular flexibility index (Phi) is 9.58. The van der Waals surface area contributed by atoms with E-state index in [1.807, 2.05) is 6.92 Å². The molecule has 0 bridgehead atoms. The lowest BCUT2D eigenvalue weighted by molar-refractivity contribution is -0.0520. The minimum absolute atomic E-state index is 0.0206. The first-order valence-corrected chi connectivity index (χ1v) is 10.4. The van der Waals surface area contributed by atoms with Gasteiger partial charge in [0.25, 0.3) is 0 Å². The standard InChI is InChI=1S/C21H34F2N4O3/c1-5-24-20(26-15-21(27(3)4)10-12-28-13-11-21)25-14-16-8-7-9-17(29-6-2)18(16)30-19(22)23/h7-9,19H,5-6,10-15H2,1-4H3,(H2,24,25,26). The van der Waals surface area contributed by atoms with Gasteiger partial charge in [-0.15, -0.1) is 0 Å². The third kappa shape index (κ3) is 6.70. The van der Waals surface area contributed by atoms with Gasteiger partial charge in [0.15, 0.2) is 17.5 Å². The summed E-state index contributed by atoms with van der Waals surface area (Å²) in [6, 6.07) is 5.08. The molecule has 9 heteroatoms. The van der Waals surface area contributed by atoms with Crippen LogP contribution in [-0.4, -0.2) is 70.0 Å². The molecule has 1 heterocycles. The van der Waals surface area contributed by atoms with Gasteiger partial charge in [-0.3, -0.25) is 0 Å². The molecule has 7 nitrogen and oxygen atoms in total. The number of rotatable bonds is 10. The van der Waals surface area contributed by atoms with Gasteiger partial charge in [-0.2, -0.15) is 8.78 Å². The van der Waals surface area contributed by atoms with E-state index in [1.165, 1.54) is 0 Å². The van der Waals surface area contributed by atoms with Crippen LogP contribution >= 0.6 is 0 Å². The topological polar surface area (TPSA) is 67.4 Å². The van der Waals surface area contributed by atoms with Crippen molar-refractivity contribution >= 4 is 5.96 Å². The van der Waals surface area contributed by atoms with E-state index in [4.69, 9.17) is 14.2 Å². The molecule has 1 aliphatic heterocycles. The lowest BCUT2D eigenvalue weighted by Crippen LogP contribution is -2.57. The largest absolute Gasteiger partial charge is 0.490 e. The molecule has 1 aromatic carbocycles. The Balaban J connectivity index is 2.16. The Morgan fingerprint density at radius 3 is 2.57 bits per heavy atom. The van der Waals surface area contributed by atoms with Crippen molar-refractivity contribution in [3.8, 4) is 11.5 Å². The van der Waals surface area contributed by atoms with Crippen LogP contribution in [0.2, 0.25) is 0 Å². The third-order valence-electron chi connectivity index (χ3n) is 5.28. The Morgan fingerprint density at radius 1 is 1.23 bits per heavy atom. The predicted molar refractivity (Wildman–Crippen MR) is 114 cm³/mol. The number of halogens is 2. The number of hydrogen-bond acceptors (Lipinski definition) is 5. The normalized spacial score (nSPS) is 16.6. The molecular weight excluding hydrogens is 394 g/mol. The van der Waals surface area contributed by atoms with E-state index in [0.29, 0.717) is 31.2 Å². The van der Waals surface area contributed by atoms with Crippen LogP contribution in [0.5, 0.6) is 11.5 Å². The average molecular weight is 429 g/mol. The number of alkyl halides is 2. The van der Waals surface area contributed by atoms with Crippen LogP contribution < -0.4 is 20.1 Å². The molecule has 1 aliphatic rings. The zero-order valence-corrected chi connectivity index (χ0v) is 18.3. The van der Waals surface area contributed by atoms with E-state index in [1.54, 1.807) is 25.1 Å². The van der Waals surface area contributed by atoms with Crippen molar-refractivity contribution in [2.24, 2.45) is 4.99 Å². The van der Waals surface area contributed by atoms with Crippen LogP contribution in [0.3, 0.4) is 0 Å². The molecule has 170 valence electrons. The number of nitrogens with one attached hydrogen (secondary N) is 2. The van der Waals surface area contributed by atoms with E-state index >= 15 is 0 Å². The molecule has 0 spiro atoms. The molecule has 0 atom stereocenters. The van der Waals surface area contributed by atoms with Crippen LogP contribution in [-0.2, 0) is 11.3 Å². The number of para-hydroxylation sites is 1. The number of aliphatic imine (C=N–C) groups is 1. The van der Waals surface area contributed by atoms with Crippen molar-refractivity contribution in [3.63, 3.8) is 0 Å². The molecule has 2 N–H and O–H groups in total. The summed E-state index contributed by atoms with van der Waals surface area (Å²) >= 11 is 0. The van der Waals surface area contributed by atoms with Crippen LogP contribution in [0, 0.1) is 0 Å². The molecule has 0 saturated carbocycles. The van der Waals surface area contributed by atoms with Gasteiger partial charge in [0, 0.05) is 37.4 Å². The second-order valence-corrected chi connectivity index (χ2v) is 7.34. The molecule has 2 rings (SSSR count). The quantitative estimate of drug-likeness (QED) is 0.441. The fourth-order valence-corrected chi connectivity index (χ4v) is 3.47. The van der Waals surface area contributed by atoms with Crippen molar-refractivity contribution in [2.45, 2.75) is 45.4 Å². The number of hydrogen-bond donors (Lipinski definition) is 2. The molecule has 0 aromatic heterocycles. The molecule has 1 saturated heterocycles. The Hall–Kier alpha value is -2.13. The van der Waals surface area contributed by atoms with Gasteiger partial charge in [0.05, 0.1) is 13.2 Å². The smallest absolute Gasteiger partial charge is 0.387 e. The minimum atomic E-state index is -2.94. The molecular formula is C21H34F2N4O3. The summed E-state index contributed by atoms with van der Waals surface area (Å²) in [5.74, 6) is 0.940. The zero-order valence-electron chi connectivity index (χ0n) is 18.3. The number of benzene rings is 1. The van der Waals surface area contributed by atoms with Crippen molar-refractivity contribution in [1.82, 2.24) is 15.5 Å². The molecule has 0 amide bonds. The van der Waals surface area contributed by atoms with Gasteiger partial charge in [-0.05, 0) is 46.9 Å². The first kappa shape index (κ1) is 24.1. The summed E-state index contributed by atoms with van der Waals surface area (Å²) in [6.07, 6.45) is 1.85. The summed E-state index contributed by atoms with van der Waals surface area (Å²) in [7, 11) is 4.15. The van der Waals surface area contributed by atoms with Crippen LogP contribution in [0.15, 0.2) is 23.2 Å². The highest BCUT2D eigenvalue weighted by Gasteiger charge is 2.34. The summed E-state index contributed by atoms with van der Waals surface area (Å²) in [5.41, 5.74) is 0.514. The van der Waals surface area contributed by atoms with Gasteiger partial charge in [0.2, 0.25) is 0 Å². The van der Waals surface area contributed by atoms with Crippen molar-refractivity contribution in [3.05, 3.63) is 23.8 Å². The predicted octanol–water partition coefficient (Wildman–Crippen LogP) is 2.85. The first-order chi connectivity index (χ1) is 14.4. The summed E-state index contributed by atoms with van der Waals surface area (Å²) in [6.45, 7) is 4.21. The van der Waals surface area contributed by atoms with Gasteiger partial charge >= 0.3 is 6.61 Å². The summed E-state index contributed by atoms with van der Waals surface area (Å²) in [4.78, 5) is 6.82. The second-order valence-electron chi connectivity index (χ2n) is 7.34. The van der Waals surface area contributed by atoms with Crippen molar-refractivity contribution < 1.29 is 23.0 Å². The maximum atomic E-state index is 12.9. The average Bonchev–Trinajstić information content (AvgIpc) is 2.72. The Morgan fingerprint density at radius 2 is 1.97 bits per heavy atom. The van der Waals surface area contributed by atoms with Crippen LogP contribution in [0.25, 0.3) is 0 Å². The van der Waals surface area contributed by atoms with Crippen LogP contribution in [0.4, 0.5) is 8.78 Å². The van der Waals surface area contributed by atoms with Gasteiger partial charge in [0.1, 0.15) is 0 Å². The number of nitrogens with zero attached hydrogens (tertiary/aromatic N) is 2. The van der Waals surface area contributed by atoms with E-state index in [-0.39, 0.29) is 23.6 Å². The Labute approximate surface area is 177 Å². The highest BCUT2D eigenvalue weighted by atomic mass is 19.3. The fraction of sp³-hybridized carbons (Fsp3) is 0.667. The lowest BCUT2D eigenvalue weighted by atomic mass is 9.88. The summed E-state index contributed by atoms with van der Waals surface area (Å²) < 4.78 is 41.6. The molecule has 0 radical (unpaired) electrons. The summed E-state index contributed by atoms with van der Waals surface area (Å²) in [5, 5.41) is 6.62. The second kappa shape index (κ2) is 11.9. The van der Waals surface area contributed by atoms with Gasteiger partial charge in [-0.25, -0.2) is 4.99 Å². The molecule has 1 fully saturated rings. The van der Waals surface area contributed by atoms with E-state index in [2.05, 4.69) is 34.6 Å². The van der Waals surface area contributed by atoms with Crippen LogP contribution in [0.1, 0.15) is 32.3 Å². The lowest BCUT2D eigenvalue weighted by Gasteiger charge is -2.43. The molecule has 1 aromatic rings. The van der Waals surface area contributed by atoms with Crippen molar-refractivity contribution in [1.29, 1.82) is 0 Å². The number of guanidine groups is 1. The maximum absolute atomic E-state index is 12.9. The highest BCUT2D eigenvalue weighted by molar-refractivity contribution is 5.79. The number of ether oxygens (including phenoxy) is 3. The number of likely N-dealkylation sites (N-methyl/N-ethyl adjacent to an activating group) is 1. The maximum Gasteiger partial charge on any atom is 0.387 e. The zero-order chi connectivity index (χ0) is 22.0.